The smallest absolute Gasteiger partial charge is 0.872 e. The maximum atomic E-state index is 11.8. The maximum absolute atomic E-state index is 11.8. The fourth-order valence-corrected chi connectivity index (χ4v) is 6.64. The van der Waals surface area contributed by atoms with E-state index in [-0.39, 0.29) is 55.0 Å². The molecule has 272 valence electrons. The fourth-order valence-electron chi connectivity index (χ4n) is 5.31. The third kappa shape index (κ3) is 15.3. The van der Waals surface area contributed by atoms with Gasteiger partial charge in [-0.25, -0.2) is 8.42 Å². The van der Waals surface area contributed by atoms with Crippen molar-refractivity contribution in [1.82, 2.24) is 0 Å². The molecule has 0 radical (unpaired) electrons. The first kappa shape index (κ1) is 44.3. The van der Waals surface area contributed by atoms with Crippen LogP contribution in [0.2, 0.25) is 0 Å². The van der Waals surface area contributed by atoms with Crippen LogP contribution in [0.15, 0.2) is 94.7 Å². The van der Waals surface area contributed by atoms with Crippen LogP contribution >= 0.6 is 0 Å². The van der Waals surface area contributed by atoms with Gasteiger partial charge in [-0.1, -0.05) is 108 Å². The minimum absolute atomic E-state index is 0. The zero-order chi connectivity index (χ0) is 36.6. The number of rotatable bonds is 18. The van der Waals surface area contributed by atoms with Gasteiger partial charge in [0.05, 0.1) is 4.90 Å². The average Bonchev–Trinajstić information content (AvgIpc) is 3.07. The summed E-state index contributed by atoms with van der Waals surface area (Å²) < 4.78 is 79.2. The largest absolute Gasteiger partial charge is 2.00 e. The molecule has 0 unspecified atom stereocenters. The van der Waals surface area contributed by atoms with E-state index in [1.807, 2.05) is 6.07 Å². The van der Waals surface area contributed by atoms with Crippen LogP contribution in [0.1, 0.15) is 89.2 Å². The predicted molar refractivity (Wildman–Crippen MR) is 195 cm³/mol. The van der Waals surface area contributed by atoms with Crippen molar-refractivity contribution in [3.63, 3.8) is 0 Å². The molecule has 4 aromatic carbocycles. The molecule has 0 spiro atoms. The number of unbranched alkanes of at least 4 members (excludes halogenated alkanes) is 8. The third-order valence-corrected chi connectivity index (χ3v) is 9.50. The topological polar surface area (TPSA) is 173 Å². The van der Waals surface area contributed by atoms with Crippen LogP contribution in [0, 0.1) is 0 Å². The Balaban J connectivity index is 0.000000347. The van der Waals surface area contributed by atoms with Crippen molar-refractivity contribution >= 4 is 58.0 Å². The van der Waals surface area contributed by atoms with Gasteiger partial charge in [0, 0.05) is 6.07 Å². The molecule has 0 heterocycles. The number of benzene rings is 4. The fraction of sp³-hybridized carbons (Fsp3) is 0.368. The van der Waals surface area contributed by atoms with Crippen molar-refractivity contribution in [2.45, 2.75) is 101 Å². The van der Waals surface area contributed by atoms with Crippen molar-refractivity contribution in [1.29, 1.82) is 0 Å². The third-order valence-electron chi connectivity index (χ3n) is 7.79. The summed E-state index contributed by atoms with van der Waals surface area (Å²) in [7, 11) is -9.34. The first-order valence-electron chi connectivity index (χ1n) is 16.9. The van der Waals surface area contributed by atoms with Crippen LogP contribution in [0.5, 0.6) is 34.5 Å². The molecule has 0 bridgehead atoms. The van der Waals surface area contributed by atoms with Gasteiger partial charge in [0.1, 0.15) is 38.0 Å². The predicted octanol–water partition coefficient (Wildman–Crippen LogP) is 8.53. The van der Waals surface area contributed by atoms with Gasteiger partial charge in [0.25, 0.3) is 10.1 Å². The number of ether oxygens (including phenoxy) is 2. The second-order valence-electron chi connectivity index (χ2n) is 11.9. The molecular weight excluding hydrogens is 721 g/mol. The minimum atomic E-state index is -4.81. The molecule has 2 N–H and O–H groups in total. The molecule has 0 atom stereocenters. The summed E-state index contributed by atoms with van der Waals surface area (Å²) in [5, 5.41) is 21.7. The van der Waals surface area contributed by atoms with Gasteiger partial charge in [0.2, 0.25) is 0 Å². The summed E-state index contributed by atoms with van der Waals surface area (Å²) in [4.78, 5) is -1.01. The van der Waals surface area contributed by atoms with E-state index in [2.05, 4.69) is 13.8 Å². The number of para-hydroxylation sites is 2. The second kappa shape index (κ2) is 22.3. The Bertz CT molecular complexity index is 1710. The van der Waals surface area contributed by atoms with Crippen LogP contribution in [0.4, 0.5) is 0 Å². The Kier molecular flexibility index (Phi) is 19.4. The summed E-state index contributed by atoms with van der Waals surface area (Å²) >= 11 is 0. The molecule has 4 aromatic rings. The van der Waals surface area contributed by atoms with Crippen LogP contribution in [-0.2, 0) is 33.1 Å². The van der Waals surface area contributed by atoms with E-state index in [1.54, 1.807) is 54.6 Å². The number of aromatic hydroxyl groups is 1. The van der Waals surface area contributed by atoms with Crippen molar-refractivity contribution in [2.75, 3.05) is 0 Å². The van der Waals surface area contributed by atoms with E-state index < -0.39 is 35.8 Å². The Labute approximate surface area is 332 Å². The average molecular weight is 767 g/mol. The first-order chi connectivity index (χ1) is 23.8. The number of phenols is 1. The van der Waals surface area contributed by atoms with Crippen molar-refractivity contribution in [3.8, 4) is 34.5 Å². The SMILES string of the molecule is CCCCCCCc1cc(O)cc(S(=O)(=O)O)c1Oc1ccccc1.CCCCCCCc1cc([O-])cc(S(=O)(=O)[O-])c1Oc1ccccc1.[Ca+2]. The molecule has 0 aliphatic carbocycles. The zero-order valence-electron chi connectivity index (χ0n) is 29.3. The van der Waals surface area contributed by atoms with Crippen LogP contribution in [0.25, 0.3) is 0 Å². The molecule has 10 nitrogen and oxygen atoms in total. The van der Waals surface area contributed by atoms with E-state index in [0.717, 1.165) is 76.3 Å². The second-order valence-corrected chi connectivity index (χ2v) is 14.7. The van der Waals surface area contributed by atoms with E-state index in [1.165, 1.54) is 12.1 Å². The van der Waals surface area contributed by atoms with Crippen LogP contribution in [0.3, 0.4) is 0 Å². The van der Waals surface area contributed by atoms with Crippen LogP contribution < -0.4 is 14.6 Å². The van der Waals surface area contributed by atoms with Crippen LogP contribution in [-0.4, -0.2) is 68.8 Å². The van der Waals surface area contributed by atoms with E-state index in [0.29, 0.717) is 35.5 Å². The Morgan fingerprint density at radius 1 is 0.608 bits per heavy atom. The molecule has 0 aliphatic heterocycles. The molecule has 13 heteroatoms. The monoisotopic (exact) mass is 766 g/mol. The van der Waals surface area contributed by atoms with Gasteiger partial charge in [0.15, 0.2) is 5.75 Å². The molecule has 0 amide bonds. The zero-order valence-corrected chi connectivity index (χ0v) is 33.1. The summed E-state index contributed by atoms with van der Waals surface area (Å²) in [6, 6.07) is 22.1. The molecular formula is C38H46CaO10S2. The van der Waals surface area contributed by atoms with E-state index in [9.17, 15) is 36.2 Å². The van der Waals surface area contributed by atoms with E-state index in [4.69, 9.17) is 9.47 Å². The van der Waals surface area contributed by atoms with E-state index >= 15 is 0 Å². The summed E-state index contributed by atoms with van der Waals surface area (Å²) in [5.41, 5.74) is 1.02. The molecule has 0 aromatic heterocycles. The molecule has 0 saturated carbocycles. The Hall–Kier alpha value is -2.84. The maximum Gasteiger partial charge on any atom is 2.00 e. The standard InChI is InChI=1S/2C19H24O5S.Ca/c2*1-2-3-4-5-7-10-15-13-16(20)14-18(25(21,22)23)19(15)24-17-11-8-6-9-12-17;/h2*6,8-9,11-14,20H,2-5,7,10H2,1H3,(H,21,22,23);/q;;+2/p-2. The van der Waals surface area contributed by atoms with Gasteiger partial charge in [-0.05, 0) is 73.2 Å². The molecule has 0 fully saturated rings. The van der Waals surface area contributed by atoms with Crippen molar-refractivity contribution in [3.05, 3.63) is 96.1 Å². The molecule has 0 saturated heterocycles. The van der Waals surface area contributed by atoms with Gasteiger partial charge in [-0.3, -0.25) is 4.55 Å². The van der Waals surface area contributed by atoms with Gasteiger partial charge >= 0.3 is 37.7 Å². The summed E-state index contributed by atoms with van der Waals surface area (Å²) in [5.74, 6) is 0.205. The Morgan fingerprint density at radius 3 is 1.47 bits per heavy atom. The van der Waals surface area contributed by atoms with Gasteiger partial charge in [-0.15, -0.1) is 5.75 Å². The number of hydrogen-bond acceptors (Lipinski definition) is 9. The Morgan fingerprint density at radius 2 is 1.04 bits per heavy atom. The summed E-state index contributed by atoms with van der Waals surface area (Å²) in [6.45, 7) is 4.26. The quantitative estimate of drug-likeness (QED) is 0.0568. The number of aryl methyl sites for hydroxylation is 2. The normalized spacial score (nSPS) is 11.2. The molecule has 4 rings (SSSR count). The molecule has 51 heavy (non-hydrogen) atoms. The number of hydrogen-bond donors (Lipinski definition) is 2. The minimum Gasteiger partial charge on any atom is -0.872 e. The molecule has 0 aliphatic rings. The van der Waals surface area contributed by atoms with Gasteiger partial charge < -0.3 is 24.2 Å². The van der Waals surface area contributed by atoms with Gasteiger partial charge in [-0.2, -0.15) is 8.42 Å². The van der Waals surface area contributed by atoms with Crippen molar-refractivity contribution in [2.24, 2.45) is 0 Å². The summed E-state index contributed by atoms with van der Waals surface area (Å²) in [6.07, 6.45) is 11.4. The van der Waals surface area contributed by atoms with Crippen molar-refractivity contribution < 1.29 is 45.6 Å². The number of phenolic OH excluding ortho intramolecular Hbond substituents is 1. The first-order valence-corrected chi connectivity index (χ1v) is 19.8.